The molecule has 11 aromatic carbocycles. The summed E-state index contributed by atoms with van der Waals surface area (Å²) in [6.07, 6.45) is 0. The maximum Gasteiger partial charge on any atom is 0.220 e. The van der Waals surface area contributed by atoms with Gasteiger partial charge in [-0.1, -0.05) is 206 Å². The molecule has 4 aromatic heterocycles. The lowest BCUT2D eigenvalue weighted by atomic mass is 9.84. The van der Waals surface area contributed by atoms with Crippen molar-refractivity contribution in [1.29, 1.82) is 5.26 Å². The Morgan fingerprint density at radius 2 is 0.757 bits per heavy atom. The Bertz CT molecular complexity index is 4690. The van der Waals surface area contributed by atoms with Gasteiger partial charge in [0.2, 0.25) is 5.69 Å². The van der Waals surface area contributed by atoms with Crippen molar-refractivity contribution in [3.05, 3.63) is 248 Å². The van der Waals surface area contributed by atoms with Crippen LogP contribution in [0.2, 0.25) is 0 Å². The number of benzene rings is 11. The fraction of sp³-hybridized carbons (Fsp3) is 0. The molecule has 0 spiro atoms. The van der Waals surface area contributed by atoms with Gasteiger partial charge in [-0.25, -0.2) is 4.85 Å². The first-order chi connectivity index (χ1) is 36.7. The molecule has 0 aliphatic carbocycles. The van der Waals surface area contributed by atoms with E-state index in [0.717, 1.165) is 114 Å². The third-order valence-corrected chi connectivity index (χ3v) is 17.4. The number of hydrogen-bond acceptors (Lipinski definition) is 3. The quantitative estimate of drug-likeness (QED) is 0.153. The van der Waals surface area contributed by atoms with Gasteiger partial charge in [-0.2, -0.15) is 5.26 Å². The summed E-state index contributed by atoms with van der Waals surface area (Å²) in [7, 11) is 0. The van der Waals surface area contributed by atoms with Crippen molar-refractivity contribution in [1.82, 2.24) is 9.13 Å². The second-order valence-corrected chi connectivity index (χ2v) is 20.9. The molecule has 6 heteroatoms. The number of fused-ring (bicyclic) bond motifs is 14. The zero-order chi connectivity index (χ0) is 49.0. The molecular weight excluding hydrogens is 937 g/mol. The first-order valence-electron chi connectivity index (χ1n) is 24.7. The maximum atomic E-state index is 12.5. The smallest absolute Gasteiger partial charge is 0.220 e. The highest BCUT2D eigenvalue weighted by Crippen LogP contribution is 2.56. The van der Waals surface area contributed by atoms with Gasteiger partial charge in [0.1, 0.15) is 6.07 Å². The van der Waals surface area contributed by atoms with Crippen LogP contribution in [0.25, 0.3) is 145 Å². The number of aromatic nitrogens is 2. The minimum absolute atomic E-state index is 0.403. The molecule has 15 rings (SSSR count). The zero-order valence-electron chi connectivity index (χ0n) is 39.5. The molecule has 0 aliphatic rings. The van der Waals surface area contributed by atoms with E-state index in [-0.39, 0.29) is 0 Å². The Kier molecular flexibility index (Phi) is 9.40. The van der Waals surface area contributed by atoms with Crippen LogP contribution in [-0.2, 0) is 0 Å². The van der Waals surface area contributed by atoms with Crippen LogP contribution in [-0.4, -0.2) is 9.13 Å². The van der Waals surface area contributed by atoms with E-state index in [0.29, 0.717) is 16.8 Å². The Hall–Kier alpha value is -9.56. The fourth-order valence-corrected chi connectivity index (χ4v) is 14.4. The average Bonchev–Trinajstić information content (AvgIpc) is 4.31. The van der Waals surface area contributed by atoms with Crippen molar-refractivity contribution in [3.8, 4) is 62.0 Å². The number of nitrogens with zero attached hydrogens (tertiary/aromatic N) is 4. The second kappa shape index (κ2) is 16.5. The van der Waals surface area contributed by atoms with E-state index in [4.69, 9.17) is 4.85 Å². The van der Waals surface area contributed by atoms with E-state index in [2.05, 4.69) is 234 Å². The molecule has 74 heavy (non-hydrogen) atoms. The van der Waals surface area contributed by atoms with Gasteiger partial charge in [0.05, 0.1) is 55.0 Å². The standard InChI is InChI=1S/C68H38N4S2/c1-70-62-60(49-30-10-8-24-43(49)41-20-4-2-5-21-41)55(40-69)63(71-56-32-16-12-26-45(56)51-36-38-53-47-28-14-18-34-58(47)73-67(53)64(51)71)61(50-31-11-9-25-44(50)42-22-6-3-7-23-42)66(62)72-57-33-17-13-27-46(57)52-37-39-54-48-29-15-19-35-59(48)74-68(54)65(52)72/h2-39H. The normalized spacial score (nSPS) is 11.8. The topological polar surface area (TPSA) is 38.0 Å². The van der Waals surface area contributed by atoms with Gasteiger partial charge in [0.25, 0.3) is 0 Å². The van der Waals surface area contributed by atoms with Crippen LogP contribution in [0.15, 0.2) is 231 Å². The number of rotatable bonds is 6. The molecule has 0 bridgehead atoms. The molecule has 0 saturated heterocycles. The molecule has 0 N–H and O–H groups in total. The van der Waals surface area contributed by atoms with Crippen molar-refractivity contribution in [2.75, 3.05) is 0 Å². The Morgan fingerprint density at radius 3 is 1.24 bits per heavy atom. The highest BCUT2D eigenvalue weighted by atomic mass is 32.1. The van der Waals surface area contributed by atoms with Crippen molar-refractivity contribution < 1.29 is 0 Å². The molecule has 0 fully saturated rings. The highest BCUT2D eigenvalue weighted by Gasteiger charge is 2.34. The predicted molar refractivity (Wildman–Crippen MR) is 314 cm³/mol. The minimum atomic E-state index is 0.403. The van der Waals surface area contributed by atoms with Gasteiger partial charge in [0, 0.05) is 63.6 Å². The van der Waals surface area contributed by atoms with Crippen LogP contribution < -0.4 is 0 Å². The van der Waals surface area contributed by atoms with Crippen LogP contribution in [0.1, 0.15) is 5.56 Å². The van der Waals surface area contributed by atoms with Gasteiger partial charge in [-0.05, 0) is 57.6 Å². The molecule has 0 unspecified atom stereocenters. The zero-order valence-corrected chi connectivity index (χ0v) is 41.2. The van der Waals surface area contributed by atoms with Gasteiger partial charge in [0.15, 0.2) is 0 Å². The van der Waals surface area contributed by atoms with E-state index >= 15 is 0 Å². The predicted octanol–water partition coefficient (Wildman–Crippen LogP) is 19.7. The fourth-order valence-electron chi connectivity index (χ4n) is 12.0. The van der Waals surface area contributed by atoms with Crippen LogP contribution in [0, 0.1) is 17.9 Å². The Balaban J connectivity index is 1.27. The van der Waals surface area contributed by atoms with E-state index in [1.807, 2.05) is 12.1 Å². The van der Waals surface area contributed by atoms with Crippen LogP contribution in [0.4, 0.5) is 5.69 Å². The molecule has 342 valence electrons. The molecule has 4 nitrogen and oxygen atoms in total. The maximum absolute atomic E-state index is 12.5. The Morgan fingerprint density at radius 1 is 0.365 bits per heavy atom. The second-order valence-electron chi connectivity index (χ2n) is 18.8. The van der Waals surface area contributed by atoms with Crippen LogP contribution in [0.5, 0.6) is 0 Å². The van der Waals surface area contributed by atoms with Crippen molar-refractivity contribution in [2.24, 2.45) is 0 Å². The van der Waals surface area contributed by atoms with Gasteiger partial charge < -0.3 is 9.13 Å². The van der Waals surface area contributed by atoms with Gasteiger partial charge >= 0.3 is 0 Å². The molecule has 0 saturated carbocycles. The number of para-hydroxylation sites is 2. The molecule has 0 amide bonds. The van der Waals surface area contributed by atoms with Crippen molar-refractivity contribution in [2.45, 2.75) is 0 Å². The molecule has 0 radical (unpaired) electrons. The third kappa shape index (κ3) is 5.99. The summed E-state index contributed by atoms with van der Waals surface area (Å²) in [6.45, 7) is 9.74. The summed E-state index contributed by atoms with van der Waals surface area (Å²) in [5.41, 5.74) is 13.4. The van der Waals surface area contributed by atoms with Crippen LogP contribution >= 0.6 is 22.7 Å². The molecule has 4 heterocycles. The van der Waals surface area contributed by atoms with Crippen LogP contribution in [0.3, 0.4) is 0 Å². The summed E-state index contributed by atoms with van der Waals surface area (Å²) in [6, 6.07) is 84.4. The van der Waals surface area contributed by atoms with E-state index in [1.54, 1.807) is 22.7 Å². The van der Waals surface area contributed by atoms with Crippen molar-refractivity contribution in [3.63, 3.8) is 0 Å². The summed E-state index contributed by atoms with van der Waals surface area (Å²) < 4.78 is 9.46. The SMILES string of the molecule is [C-]#[N+]c1c(-c2ccccc2-c2ccccc2)c(C#N)c(-n2c3ccccc3c3ccc4c5ccccc5sc4c32)c(-c2ccccc2-c2ccccc2)c1-n1c2ccccc2c2ccc3c4ccccc4sc3c21. The van der Waals surface area contributed by atoms with E-state index in [9.17, 15) is 11.8 Å². The number of nitriles is 1. The van der Waals surface area contributed by atoms with Gasteiger partial charge in [-0.15, -0.1) is 22.7 Å². The third-order valence-electron chi connectivity index (χ3n) is 15.0. The van der Waals surface area contributed by atoms with Gasteiger partial charge in [-0.3, -0.25) is 0 Å². The first kappa shape index (κ1) is 42.2. The Labute approximate surface area is 433 Å². The first-order valence-corrected chi connectivity index (χ1v) is 26.3. The summed E-state index contributed by atoms with van der Waals surface area (Å²) in [5, 5.41) is 21.6. The summed E-state index contributed by atoms with van der Waals surface area (Å²) in [4.78, 5) is 4.77. The largest absolute Gasteiger partial charge is 0.317 e. The van der Waals surface area contributed by atoms with Crippen molar-refractivity contribution >= 4 is 112 Å². The summed E-state index contributed by atoms with van der Waals surface area (Å²) in [5.74, 6) is 0. The number of hydrogen-bond donors (Lipinski definition) is 0. The molecular formula is C68H38N4S2. The highest BCUT2D eigenvalue weighted by molar-refractivity contribution is 7.27. The molecule has 0 aliphatic heterocycles. The lowest BCUT2D eigenvalue weighted by Crippen LogP contribution is -2.09. The average molecular weight is 975 g/mol. The van der Waals surface area contributed by atoms with E-state index in [1.165, 1.54) is 20.2 Å². The summed E-state index contributed by atoms with van der Waals surface area (Å²) >= 11 is 3.58. The lowest BCUT2D eigenvalue weighted by molar-refractivity contribution is 1.14. The molecule has 0 atom stereocenters. The number of thiophene rings is 2. The lowest BCUT2D eigenvalue weighted by Gasteiger charge is -2.27. The minimum Gasteiger partial charge on any atom is -0.317 e. The van der Waals surface area contributed by atoms with E-state index < -0.39 is 0 Å². The monoisotopic (exact) mass is 974 g/mol. The molecule has 15 aromatic rings.